The van der Waals surface area contributed by atoms with E-state index < -0.39 is 34.5 Å². The molecule has 0 amide bonds. The highest BCUT2D eigenvalue weighted by atomic mass is 32.2. The van der Waals surface area contributed by atoms with Gasteiger partial charge in [-0.15, -0.1) is 0 Å². The molecule has 0 radical (unpaired) electrons. The minimum atomic E-state index is -6.60. The van der Waals surface area contributed by atoms with E-state index in [0.29, 0.717) is 0 Å². The monoisotopic (exact) mass is 296 g/mol. The van der Waals surface area contributed by atoms with Crippen molar-refractivity contribution in [2.24, 2.45) is 0 Å². The van der Waals surface area contributed by atoms with Crippen molar-refractivity contribution in [1.82, 2.24) is 0 Å². The van der Waals surface area contributed by atoms with Crippen molar-refractivity contribution < 1.29 is 47.7 Å². The first-order valence-electron chi connectivity index (χ1n) is 3.48. The van der Waals surface area contributed by atoms with Crippen LogP contribution in [0, 0.1) is 0 Å². The van der Waals surface area contributed by atoms with Crippen molar-refractivity contribution in [1.29, 1.82) is 0 Å². The molecule has 0 aromatic heterocycles. The second-order valence-electron chi connectivity index (χ2n) is 2.84. The van der Waals surface area contributed by atoms with Crippen molar-refractivity contribution in [2.45, 2.75) is 24.4 Å². The van der Waals surface area contributed by atoms with Crippen LogP contribution in [0.25, 0.3) is 0 Å². The van der Waals surface area contributed by atoms with E-state index in [1.807, 2.05) is 0 Å². The van der Waals surface area contributed by atoms with E-state index in [-0.39, 0.29) is 6.26 Å². The quantitative estimate of drug-likeness (QED) is 0.591. The maximum absolute atomic E-state index is 12.4. The predicted molar refractivity (Wildman–Crippen MR) is 36.8 cm³/mol. The fraction of sp³-hybridized carbons (Fsp3) is 1.00. The molecule has 0 saturated heterocycles. The van der Waals surface area contributed by atoms with E-state index in [2.05, 4.69) is 4.18 Å². The van der Waals surface area contributed by atoms with E-state index in [1.165, 1.54) is 0 Å². The molecule has 0 aromatic rings. The summed E-state index contributed by atoms with van der Waals surface area (Å²) < 4.78 is 119. The Morgan fingerprint density at radius 1 is 0.941 bits per heavy atom. The van der Waals surface area contributed by atoms with Crippen LogP contribution in [-0.4, -0.2) is 39.1 Å². The molecule has 0 aliphatic carbocycles. The summed E-state index contributed by atoms with van der Waals surface area (Å²) in [5.41, 5.74) is 0. The molecule has 0 rings (SSSR count). The van der Waals surface area contributed by atoms with Gasteiger partial charge >= 0.3 is 18.3 Å². The van der Waals surface area contributed by atoms with Gasteiger partial charge in [0.15, 0.2) is 0 Å². The van der Waals surface area contributed by atoms with Crippen LogP contribution >= 0.6 is 0 Å². The summed E-state index contributed by atoms with van der Waals surface area (Å²) in [5, 5.41) is 0. The van der Waals surface area contributed by atoms with Crippen molar-refractivity contribution >= 4 is 10.1 Å². The van der Waals surface area contributed by atoms with Crippen LogP contribution in [0.2, 0.25) is 0 Å². The molecule has 1 atom stereocenters. The fourth-order valence-electron chi connectivity index (χ4n) is 0.644. The normalized spacial score (nSPS) is 17.0. The standard InChI is InChI=1S/C5H4F8O3S/c1-17(14,15)16-2(4(8,9)10)3(6,7)5(11,12)13/h2H,1H3. The van der Waals surface area contributed by atoms with Crippen molar-refractivity contribution in [2.75, 3.05) is 6.26 Å². The number of alkyl halides is 8. The second kappa shape index (κ2) is 4.23. The minimum absolute atomic E-state index is 0.0851. The molecule has 3 nitrogen and oxygen atoms in total. The summed E-state index contributed by atoms with van der Waals surface area (Å²) >= 11 is 0. The summed E-state index contributed by atoms with van der Waals surface area (Å²) in [4.78, 5) is 0. The van der Waals surface area contributed by atoms with Gasteiger partial charge in [0.1, 0.15) is 0 Å². The SMILES string of the molecule is CS(=O)(=O)OC(C(F)(F)F)C(F)(F)C(F)(F)F. The Labute approximate surface area is 89.5 Å². The maximum Gasteiger partial charge on any atom is 0.456 e. The smallest absolute Gasteiger partial charge is 0.250 e. The molecule has 0 aromatic carbocycles. The molecule has 0 aliphatic heterocycles. The molecule has 17 heavy (non-hydrogen) atoms. The Morgan fingerprint density at radius 3 is 1.47 bits per heavy atom. The van der Waals surface area contributed by atoms with Gasteiger partial charge in [0.2, 0.25) is 6.10 Å². The summed E-state index contributed by atoms with van der Waals surface area (Å²) in [7, 11) is -5.15. The maximum atomic E-state index is 12.4. The van der Waals surface area contributed by atoms with E-state index in [1.54, 1.807) is 0 Å². The van der Waals surface area contributed by atoms with Gasteiger partial charge in [0.25, 0.3) is 10.1 Å². The number of halogens is 8. The average molecular weight is 296 g/mol. The summed E-state index contributed by atoms with van der Waals surface area (Å²) in [6, 6.07) is 0. The van der Waals surface area contributed by atoms with E-state index in [9.17, 15) is 43.5 Å². The zero-order valence-corrected chi connectivity index (χ0v) is 8.55. The molecule has 0 N–H and O–H groups in total. The summed E-state index contributed by atoms with van der Waals surface area (Å²) in [5.74, 6) is -6.38. The molecule has 0 fully saturated rings. The number of hydrogen-bond acceptors (Lipinski definition) is 3. The predicted octanol–water partition coefficient (Wildman–Crippen LogP) is 2.09. The molecule has 104 valence electrons. The zero-order chi connectivity index (χ0) is 14.3. The van der Waals surface area contributed by atoms with Crippen LogP contribution in [0.4, 0.5) is 35.1 Å². The molecule has 0 saturated carbocycles. The number of rotatable bonds is 3. The van der Waals surface area contributed by atoms with E-state index in [4.69, 9.17) is 0 Å². The third-order valence-electron chi connectivity index (χ3n) is 1.28. The lowest BCUT2D eigenvalue weighted by Crippen LogP contribution is -2.55. The first-order chi connectivity index (χ1) is 7.09. The molecular formula is C5H4F8O3S. The van der Waals surface area contributed by atoms with Crippen LogP contribution < -0.4 is 0 Å². The van der Waals surface area contributed by atoms with Gasteiger partial charge in [0, 0.05) is 0 Å². The zero-order valence-electron chi connectivity index (χ0n) is 7.73. The van der Waals surface area contributed by atoms with Gasteiger partial charge in [-0.3, -0.25) is 4.18 Å². The second-order valence-corrected chi connectivity index (χ2v) is 4.44. The minimum Gasteiger partial charge on any atom is -0.250 e. The van der Waals surface area contributed by atoms with Crippen molar-refractivity contribution in [3.05, 3.63) is 0 Å². The molecular weight excluding hydrogens is 292 g/mol. The molecule has 1 unspecified atom stereocenters. The van der Waals surface area contributed by atoms with Gasteiger partial charge < -0.3 is 0 Å². The molecule has 0 heterocycles. The van der Waals surface area contributed by atoms with E-state index >= 15 is 0 Å². The van der Waals surface area contributed by atoms with Gasteiger partial charge in [-0.2, -0.15) is 43.5 Å². The molecule has 0 spiro atoms. The lowest BCUT2D eigenvalue weighted by molar-refractivity contribution is -0.352. The van der Waals surface area contributed by atoms with Crippen molar-refractivity contribution in [3.8, 4) is 0 Å². The molecule has 0 aliphatic rings. The topological polar surface area (TPSA) is 43.4 Å². The fourth-order valence-corrected chi connectivity index (χ4v) is 1.22. The lowest BCUT2D eigenvalue weighted by atomic mass is 10.2. The van der Waals surface area contributed by atoms with Gasteiger partial charge in [0.05, 0.1) is 6.26 Å². The Morgan fingerprint density at radius 2 is 1.29 bits per heavy atom. The molecule has 0 bridgehead atoms. The van der Waals surface area contributed by atoms with Crippen molar-refractivity contribution in [3.63, 3.8) is 0 Å². The highest BCUT2D eigenvalue weighted by Gasteiger charge is 2.71. The third-order valence-corrected chi connectivity index (χ3v) is 1.82. The Kier molecular flexibility index (Phi) is 4.06. The lowest BCUT2D eigenvalue weighted by Gasteiger charge is -2.28. The summed E-state index contributed by atoms with van der Waals surface area (Å²) in [6.07, 6.45) is -17.7. The van der Waals surface area contributed by atoms with Gasteiger partial charge in [-0.05, 0) is 0 Å². The van der Waals surface area contributed by atoms with Gasteiger partial charge in [-0.1, -0.05) is 0 Å². The highest BCUT2D eigenvalue weighted by molar-refractivity contribution is 7.86. The van der Waals surface area contributed by atoms with Crippen LogP contribution in [0.5, 0.6) is 0 Å². The average Bonchev–Trinajstić information content (AvgIpc) is 1.93. The van der Waals surface area contributed by atoms with Crippen LogP contribution in [0.3, 0.4) is 0 Å². The van der Waals surface area contributed by atoms with Gasteiger partial charge in [-0.25, -0.2) is 0 Å². The Balaban J connectivity index is 5.51. The molecule has 12 heteroatoms. The van der Waals surface area contributed by atoms with Crippen LogP contribution in [0.15, 0.2) is 0 Å². The van der Waals surface area contributed by atoms with Crippen LogP contribution in [0.1, 0.15) is 0 Å². The number of hydrogen-bond donors (Lipinski definition) is 0. The first-order valence-corrected chi connectivity index (χ1v) is 5.30. The van der Waals surface area contributed by atoms with E-state index in [0.717, 1.165) is 0 Å². The summed E-state index contributed by atoms with van der Waals surface area (Å²) in [6.45, 7) is 0. The highest BCUT2D eigenvalue weighted by Crippen LogP contribution is 2.45. The first kappa shape index (κ1) is 16.4. The largest absolute Gasteiger partial charge is 0.456 e. The third kappa shape index (κ3) is 4.26. The Hall–Kier alpha value is -0.650. The Bertz CT molecular complexity index is 366. The van der Waals surface area contributed by atoms with Crippen LogP contribution in [-0.2, 0) is 14.3 Å².